The second-order valence-electron chi connectivity index (χ2n) is 3.04. The summed E-state index contributed by atoms with van der Waals surface area (Å²) in [6.07, 6.45) is -4.37. The van der Waals surface area contributed by atoms with Gasteiger partial charge in [-0.1, -0.05) is 0 Å². The first-order chi connectivity index (χ1) is 7.46. The summed E-state index contributed by atoms with van der Waals surface area (Å²) in [5, 5.41) is 8.90. The molecule has 3 nitrogen and oxygen atoms in total. The maximum absolute atomic E-state index is 11.9. The summed E-state index contributed by atoms with van der Waals surface area (Å²) in [6.45, 7) is -1.60. The Morgan fingerprint density at radius 1 is 1.31 bits per heavy atom. The van der Waals surface area contributed by atoms with E-state index in [9.17, 15) is 13.2 Å². The van der Waals surface area contributed by atoms with Gasteiger partial charge in [0.2, 0.25) is 0 Å². The van der Waals surface area contributed by atoms with Crippen LogP contribution in [0.3, 0.4) is 0 Å². The van der Waals surface area contributed by atoms with Crippen LogP contribution in [0.1, 0.15) is 5.56 Å². The Balaban J connectivity index is 2.75. The highest BCUT2D eigenvalue weighted by molar-refractivity contribution is 5.40. The number of halogens is 3. The number of hydrogen-bond donors (Lipinski definition) is 1. The fourth-order valence-corrected chi connectivity index (χ4v) is 1.11. The fourth-order valence-electron chi connectivity index (χ4n) is 1.11. The van der Waals surface area contributed by atoms with E-state index >= 15 is 0 Å². The SMILES string of the molecule is COc1cc(OCC(F)(F)F)ccc1CO. The van der Waals surface area contributed by atoms with E-state index in [0.29, 0.717) is 11.3 Å². The summed E-state index contributed by atoms with van der Waals surface area (Å²) in [4.78, 5) is 0. The van der Waals surface area contributed by atoms with Gasteiger partial charge in [0.25, 0.3) is 0 Å². The van der Waals surface area contributed by atoms with Crippen LogP contribution in [0.5, 0.6) is 11.5 Å². The lowest BCUT2D eigenvalue weighted by Crippen LogP contribution is -2.19. The van der Waals surface area contributed by atoms with Gasteiger partial charge in [0.05, 0.1) is 13.7 Å². The summed E-state index contributed by atoms with van der Waals surface area (Å²) in [7, 11) is 1.36. The molecule has 0 fully saturated rings. The standard InChI is InChI=1S/C10H11F3O3/c1-15-9-4-8(3-2-7(9)5-14)16-6-10(11,12)13/h2-4,14H,5-6H2,1H3. The Morgan fingerprint density at radius 3 is 2.50 bits per heavy atom. The predicted molar refractivity (Wildman–Crippen MR) is 50.5 cm³/mol. The molecule has 0 radical (unpaired) electrons. The molecule has 0 atom stereocenters. The smallest absolute Gasteiger partial charge is 0.422 e. The number of hydrogen-bond acceptors (Lipinski definition) is 3. The first kappa shape index (κ1) is 12.6. The summed E-state index contributed by atoms with van der Waals surface area (Å²) in [5.41, 5.74) is 0.488. The van der Waals surface area contributed by atoms with E-state index in [1.807, 2.05) is 0 Å². The van der Waals surface area contributed by atoms with E-state index in [-0.39, 0.29) is 12.4 Å². The van der Waals surface area contributed by atoms with Crippen molar-refractivity contribution in [2.75, 3.05) is 13.7 Å². The van der Waals surface area contributed by atoms with Gasteiger partial charge in [-0.25, -0.2) is 0 Å². The molecule has 6 heteroatoms. The second-order valence-corrected chi connectivity index (χ2v) is 3.04. The molecule has 1 aromatic rings. The highest BCUT2D eigenvalue weighted by Gasteiger charge is 2.28. The molecule has 1 N–H and O–H groups in total. The van der Waals surface area contributed by atoms with E-state index in [1.54, 1.807) is 0 Å². The van der Waals surface area contributed by atoms with E-state index in [4.69, 9.17) is 9.84 Å². The summed E-state index contributed by atoms with van der Waals surface area (Å²) in [5.74, 6) is 0.341. The molecule has 0 spiro atoms. The highest BCUT2D eigenvalue weighted by Crippen LogP contribution is 2.26. The molecule has 90 valence electrons. The first-order valence-corrected chi connectivity index (χ1v) is 4.43. The maximum atomic E-state index is 11.9. The van der Waals surface area contributed by atoms with Gasteiger partial charge in [-0.15, -0.1) is 0 Å². The van der Waals surface area contributed by atoms with Gasteiger partial charge in [-0.05, 0) is 12.1 Å². The molecular weight excluding hydrogens is 225 g/mol. The highest BCUT2D eigenvalue weighted by atomic mass is 19.4. The van der Waals surface area contributed by atoms with Crippen LogP contribution < -0.4 is 9.47 Å². The molecule has 0 aliphatic rings. The van der Waals surface area contributed by atoms with E-state index in [0.717, 1.165) is 0 Å². The largest absolute Gasteiger partial charge is 0.496 e. The molecule has 0 heterocycles. The Kier molecular flexibility index (Phi) is 4.00. The van der Waals surface area contributed by atoms with Crippen LogP contribution in [-0.4, -0.2) is 25.0 Å². The van der Waals surface area contributed by atoms with Crippen molar-refractivity contribution in [3.05, 3.63) is 23.8 Å². The lowest BCUT2D eigenvalue weighted by atomic mass is 10.2. The lowest BCUT2D eigenvalue weighted by Gasteiger charge is -2.11. The van der Waals surface area contributed by atoms with Gasteiger partial charge < -0.3 is 14.6 Å². The van der Waals surface area contributed by atoms with Crippen LogP contribution in [0, 0.1) is 0 Å². The lowest BCUT2D eigenvalue weighted by molar-refractivity contribution is -0.153. The average Bonchev–Trinajstić information content (AvgIpc) is 2.25. The van der Waals surface area contributed by atoms with Gasteiger partial charge in [0.1, 0.15) is 11.5 Å². The molecule has 1 rings (SSSR count). The van der Waals surface area contributed by atoms with Crippen LogP contribution in [-0.2, 0) is 6.61 Å². The number of alkyl halides is 3. The number of aliphatic hydroxyl groups is 1. The Labute approximate surface area is 90.4 Å². The topological polar surface area (TPSA) is 38.7 Å². The third-order valence-corrected chi connectivity index (χ3v) is 1.83. The van der Waals surface area contributed by atoms with Crippen molar-refractivity contribution >= 4 is 0 Å². The van der Waals surface area contributed by atoms with Crippen LogP contribution in [0.25, 0.3) is 0 Å². The molecule has 0 bridgehead atoms. The molecule has 0 saturated carbocycles. The van der Waals surface area contributed by atoms with Gasteiger partial charge >= 0.3 is 6.18 Å². The van der Waals surface area contributed by atoms with Crippen molar-refractivity contribution in [2.45, 2.75) is 12.8 Å². The zero-order valence-electron chi connectivity index (χ0n) is 8.54. The zero-order chi connectivity index (χ0) is 12.2. The molecule has 0 saturated heterocycles. The quantitative estimate of drug-likeness (QED) is 0.870. The number of aliphatic hydroxyl groups excluding tert-OH is 1. The van der Waals surface area contributed by atoms with Crippen LogP contribution >= 0.6 is 0 Å². The Morgan fingerprint density at radius 2 is 2.00 bits per heavy atom. The molecule has 0 aliphatic heterocycles. The van der Waals surface area contributed by atoms with Crippen molar-refractivity contribution in [1.82, 2.24) is 0 Å². The van der Waals surface area contributed by atoms with Crippen molar-refractivity contribution in [2.24, 2.45) is 0 Å². The average molecular weight is 236 g/mol. The van der Waals surface area contributed by atoms with E-state index < -0.39 is 12.8 Å². The monoisotopic (exact) mass is 236 g/mol. The van der Waals surface area contributed by atoms with Crippen LogP contribution in [0.2, 0.25) is 0 Å². The molecule has 0 amide bonds. The zero-order valence-corrected chi connectivity index (χ0v) is 8.54. The third-order valence-electron chi connectivity index (χ3n) is 1.83. The van der Waals surface area contributed by atoms with Gasteiger partial charge in [-0.2, -0.15) is 13.2 Å². The summed E-state index contributed by atoms with van der Waals surface area (Å²) < 4.78 is 45.0. The molecule has 0 unspecified atom stereocenters. The molecule has 1 aromatic carbocycles. The maximum Gasteiger partial charge on any atom is 0.422 e. The minimum absolute atomic E-state index is 0.0476. The van der Waals surface area contributed by atoms with E-state index in [2.05, 4.69) is 4.74 Å². The molecule has 16 heavy (non-hydrogen) atoms. The minimum Gasteiger partial charge on any atom is -0.496 e. The van der Waals surface area contributed by atoms with Crippen molar-refractivity contribution in [1.29, 1.82) is 0 Å². The van der Waals surface area contributed by atoms with E-state index in [1.165, 1.54) is 25.3 Å². The fraction of sp³-hybridized carbons (Fsp3) is 0.400. The number of rotatable bonds is 4. The second kappa shape index (κ2) is 5.07. The van der Waals surface area contributed by atoms with Crippen LogP contribution in [0.15, 0.2) is 18.2 Å². The third kappa shape index (κ3) is 3.62. The first-order valence-electron chi connectivity index (χ1n) is 4.43. The molecular formula is C10H11F3O3. The van der Waals surface area contributed by atoms with Gasteiger partial charge in [-0.3, -0.25) is 0 Å². The van der Waals surface area contributed by atoms with Crippen molar-refractivity contribution in [3.8, 4) is 11.5 Å². The van der Waals surface area contributed by atoms with Crippen molar-refractivity contribution < 1.29 is 27.8 Å². The number of ether oxygens (including phenoxy) is 2. The molecule has 0 aromatic heterocycles. The van der Waals surface area contributed by atoms with Crippen LogP contribution in [0.4, 0.5) is 13.2 Å². The van der Waals surface area contributed by atoms with Gasteiger partial charge in [0.15, 0.2) is 6.61 Å². The normalized spacial score (nSPS) is 11.3. The van der Waals surface area contributed by atoms with Gasteiger partial charge in [0, 0.05) is 11.6 Å². The van der Waals surface area contributed by atoms with Crippen molar-refractivity contribution in [3.63, 3.8) is 0 Å². The summed E-state index contributed by atoms with van der Waals surface area (Å²) >= 11 is 0. The number of methoxy groups -OCH3 is 1. The summed E-state index contributed by atoms with van der Waals surface area (Å²) in [6, 6.07) is 4.10. The predicted octanol–water partition coefficient (Wildman–Crippen LogP) is 2.13. The number of benzene rings is 1. The molecule has 0 aliphatic carbocycles. The Hall–Kier alpha value is -1.43. The Bertz CT molecular complexity index is 350. The minimum atomic E-state index is -4.37.